The molecule has 1 heterocycles. The van der Waals surface area contributed by atoms with Crippen LogP contribution < -0.4 is 0 Å². The summed E-state index contributed by atoms with van der Waals surface area (Å²) in [7, 11) is 0. The van der Waals surface area contributed by atoms with Gasteiger partial charge in [-0.25, -0.2) is 4.79 Å². The number of carbonyl (C=O) groups excluding carboxylic acids is 1. The lowest BCUT2D eigenvalue weighted by atomic mass is 9.58. The summed E-state index contributed by atoms with van der Waals surface area (Å²) in [5, 5.41) is 0. The fraction of sp³-hybridized carbons (Fsp3) is 0.667. The summed E-state index contributed by atoms with van der Waals surface area (Å²) in [6.45, 7) is 6.53. The van der Waals surface area contributed by atoms with Crippen LogP contribution in [-0.2, 0) is 9.53 Å². The zero-order valence-corrected chi connectivity index (χ0v) is 10.9. The van der Waals surface area contributed by atoms with E-state index >= 15 is 0 Å². The van der Waals surface area contributed by atoms with E-state index in [0.29, 0.717) is 11.3 Å². The molecule has 3 aliphatic rings. The largest absolute Gasteiger partial charge is 0.454 e. The van der Waals surface area contributed by atoms with Crippen LogP contribution in [0.3, 0.4) is 0 Å². The first kappa shape index (κ1) is 11.1. The predicted molar refractivity (Wildman–Crippen MR) is 66.4 cm³/mol. The maximum absolute atomic E-state index is 11.6. The van der Waals surface area contributed by atoms with Crippen molar-refractivity contribution in [2.45, 2.75) is 52.6 Å². The fourth-order valence-electron chi connectivity index (χ4n) is 3.90. The van der Waals surface area contributed by atoms with E-state index in [-0.39, 0.29) is 12.1 Å². The normalized spacial score (nSPS) is 40.6. The summed E-state index contributed by atoms with van der Waals surface area (Å²) < 4.78 is 5.49. The molecule has 0 aromatic carbocycles. The van der Waals surface area contributed by atoms with Crippen molar-refractivity contribution in [1.82, 2.24) is 0 Å². The standard InChI is InChI=1S/C15H20O2/c1-9-5-4-6-15(3)8-13-11(7-12(9)15)10(2)14(16)17-13/h5,12-13H,4,6-8H2,1-3H3/t12-,13+,15-/m1/s1. The van der Waals surface area contributed by atoms with Gasteiger partial charge >= 0.3 is 5.97 Å². The minimum Gasteiger partial charge on any atom is -0.454 e. The molecule has 2 nitrogen and oxygen atoms in total. The number of esters is 1. The maximum atomic E-state index is 11.6. The van der Waals surface area contributed by atoms with Crippen molar-refractivity contribution >= 4 is 5.97 Å². The van der Waals surface area contributed by atoms with Crippen molar-refractivity contribution in [2.24, 2.45) is 11.3 Å². The van der Waals surface area contributed by atoms with Gasteiger partial charge in [-0.1, -0.05) is 18.6 Å². The minimum atomic E-state index is -0.0890. The first-order valence-electron chi connectivity index (χ1n) is 6.58. The Kier molecular flexibility index (Phi) is 2.26. The van der Waals surface area contributed by atoms with Crippen molar-refractivity contribution < 1.29 is 9.53 Å². The van der Waals surface area contributed by atoms with Crippen LogP contribution in [0.25, 0.3) is 0 Å². The van der Waals surface area contributed by atoms with Crippen LogP contribution in [0.2, 0.25) is 0 Å². The Morgan fingerprint density at radius 2 is 2.18 bits per heavy atom. The third-order valence-corrected chi connectivity index (χ3v) is 5.07. The van der Waals surface area contributed by atoms with E-state index in [1.807, 2.05) is 6.92 Å². The Morgan fingerprint density at radius 3 is 2.94 bits per heavy atom. The lowest BCUT2D eigenvalue weighted by Gasteiger charge is -2.47. The molecule has 0 unspecified atom stereocenters. The van der Waals surface area contributed by atoms with E-state index in [2.05, 4.69) is 19.9 Å². The number of ether oxygens (including phenoxy) is 1. The smallest absolute Gasteiger partial charge is 0.334 e. The minimum absolute atomic E-state index is 0.0784. The fourth-order valence-corrected chi connectivity index (χ4v) is 3.90. The summed E-state index contributed by atoms with van der Waals surface area (Å²) in [6, 6.07) is 0. The molecule has 0 aromatic heterocycles. The van der Waals surface area contributed by atoms with Crippen molar-refractivity contribution in [3.63, 3.8) is 0 Å². The molecule has 0 N–H and O–H groups in total. The van der Waals surface area contributed by atoms with Gasteiger partial charge in [-0.15, -0.1) is 0 Å². The lowest BCUT2D eigenvalue weighted by Crippen LogP contribution is -2.40. The van der Waals surface area contributed by atoms with Gasteiger partial charge in [0.1, 0.15) is 6.10 Å². The Bertz CT molecular complexity index is 444. The number of carbonyl (C=O) groups is 1. The Morgan fingerprint density at radius 1 is 1.41 bits per heavy atom. The SMILES string of the molecule is CC1=CCC[C@]2(C)C[C@@H]3OC(=O)C(C)=C3C[C@H]12. The average molecular weight is 232 g/mol. The van der Waals surface area contributed by atoms with Crippen molar-refractivity contribution in [3.8, 4) is 0 Å². The third-order valence-electron chi connectivity index (χ3n) is 5.07. The zero-order valence-electron chi connectivity index (χ0n) is 10.9. The molecule has 1 saturated carbocycles. The van der Waals surface area contributed by atoms with Gasteiger partial charge in [0.25, 0.3) is 0 Å². The first-order valence-corrected chi connectivity index (χ1v) is 6.58. The van der Waals surface area contributed by atoms with Gasteiger partial charge in [-0.2, -0.15) is 0 Å². The second-order valence-electron chi connectivity index (χ2n) is 6.15. The van der Waals surface area contributed by atoms with Crippen LogP contribution in [-0.4, -0.2) is 12.1 Å². The molecule has 2 heteroatoms. The molecule has 0 bridgehead atoms. The van der Waals surface area contributed by atoms with E-state index in [1.165, 1.54) is 24.0 Å². The summed E-state index contributed by atoms with van der Waals surface area (Å²) in [6.07, 6.45) is 6.91. The van der Waals surface area contributed by atoms with Crippen LogP contribution in [0, 0.1) is 11.3 Å². The van der Waals surface area contributed by atoms with Crippen molar-refractivity contribution in [1.29, 1.82) is 0 Å². The van der Waals surface area contributed by atoms with E-state index in [1.54, 1.807) is 0 Å². The van der Waals surface area contributed by atoms with Gasteiger partial charge in [0.05, 0.1) is 0 Å². The van der Waals surface area contributed by atoms with Crippen LogP contribution in [0.15, 0.2) is 22.8 Å². The van der Waals surface area contributed by atoms with Gasteiger partial charge in [-0.05, 0) is 56.4 Å². The summed E-state index contributed by atoms with van der Waals surface area (Å²) in [4.78, 5) is 11.6. The molecule has 0 saturated heterocycles. The molecule has 1 fully saturated rings. The summed E-state index contributed by atoms with van der Waals surface area (Å²) in [5.74, 6) is 0.529. The lowest BCUT2D eigenvalue weighted by molar-refractivity contribution is -0.141. The van der Waals surface area contributed by atoms with Crippen LogP contribution >= 0.6 is 0 Å². The van der Waals surface area contributed by atoms with Crippen LogP contribution in [0.4, 0.5) is 0 Å². The highest BCUT2D eigenvalue weighted by molar-refractivity contribution is 5.91. The van der Waals surface area contributed by atoms with Crippen LogP contribution in [0.1, 0.15) is 46.5 Å². The van der Waals surface area contributed by atoms with Crippen LogP contribution in [0.5, 0.6) is 0 Å². The monoisotopic (exact) mass is 232 g/mol. The summed E-state index contributed by atoms with van der Waals surface area (Å²) >= 11 is 0. The van der Waals surface area contributed by atoms with E-state index in [9.17, 15) is 4.79 Å². The number of hydrogen-bond donors (Lipinski definition) is 0. The molecule has 17 heavy (non-hydrogen) atoms. The highest BCUT2D eigenvalue weighted by atomic mass is 16.5. The third kappa shape index (κ3) is 1.50. The number of rotatable bonds is 0. The highest BCUT2D eigenvalue weighted by Crippen LogP contribution is 2.54. The highest BCUT2D eigenvalue weighted by Gasteiger charge is 2.48. The topological polar surface area (TPSA) is 26.3 Å². The second kappa shape index (κ2) is 3.47. The molecule has 3 rings (SSSR count). The van der Waals surface area contributed by atoms with Gasteiger partial charge in [0, 0.05) is 5.57 Å². The maximum Gasteiger partial charge on any atom is 0.334 e. The Labute approximate surface area is 103 Å². The Balaban J connectivity index is 1.99. The molecule has 92 valence electrons. The molecule has 0 amide bonds. The molecule has 0 radical (unpaired) electrons. The molecule has 3 atom stereocenters. The molecular formula is C15H20O2. The average Bonchev–Trinajstić information content (AvgIpc) is 2.52. The van der Waals surface area contributed by atoms with E-state index < -0.39 is 0 Å². The molecular weight excluding hydrogens is 212 g/mol. The predicted octanol–water partition coefficient (Wildman–Crippen LogP) is 3.38. The van der Waals surface area contributed by atoms with Crippen molar-refractivity contribution in [2.75, 3.05) is 0 Å². The van der Waals surface area contributed by atoms with E-state index in [4.69, 9.17) is 4.74 Å². The zero-order chi connectivity index (χ0) is 12.2. The molecule has 0 spiro atoms. The number of fused-ring (bicyclic) bond motifs is 2. The van der Waals surface area contributed by atoms with Gasteiger partial charge < -0.3 is 4.74 Å². The Hall–Kier alpha value is -1.05. The van der Waals surface area contributed by atoms with Gasteiger partial charge in [0.15, 0.2) is 0 Å². The quantitative estimate of drug-likeness (QED) is 0.472. The molecule has 1 aliphatic heterocycles. The second-order valence-corrected chi connectivity index (χ2v) is 6.15. The van der Waals surface area contributed by atoms with Gasteiger partial charge in [-0.3, -0.25) is 0 Å². The van der Waals surface area contributed by atoms with E-state index in [0.717, 1.165) is 18.4 Å². The van der Waals surface area contributed by atoms with Crippen molar-refractivity contribution in [3.05, 3.63) is 22.8 Å². The number of hydrogen-bond acceptors (Lipinski definition) is 2. The molecule has 0 aromatic rings. The van der Waals surface area contributed by atoms with Gasteiger partial charge in [0.2, 0.25) is 0 Å². The molecule has 2 aliphatic carbocycles. The number of allylic oxidation sites excluding steroid dienone is 2. The summed E-state index contributed by atoms with van der Waals surface area (Å²) in [5.41, 5.74) is 3.98. The first-order chi connectivity index (χ1) is 8.01.